The molecule has 130 valence electrons. The molecule has 0 N–H and O–H groups in total. The van der Waals surface area contributed by atoms with Crippen LogP contribution in [0.25, 0.3) is 5.69 Å². The maximum Gasteiger partial charge on any atom is 0.0898 e. The highest BCUT2D eigenvalue weighted by Crippen LogP contribution is 2.14. The number of aromatic nitrogens is 4. The smallest absolute Gasteiger partial charge is 0.0898 e. The molecule has 3 aromatic rings. The average Bonchev–Trinajstić information content (AvgIpc) is 3.28. The van der Waals surface area contributed by atoms with Crippen LogP contribution in [-0.2, 0) is 17.8 Å². The molecular formula is C19H23N5O. The van der Waals surface area contributed by atoms with Gasteiger partial charge in [-0.15, -0.1) is 0 Å². The Morgan fingerprint density at radius 2 is 2.08 bits per heavy atom. The minimum atomic E-state index is 0.191. The fourth-order valence-corrected chi connectivity index (χ4v) is 3.24. The summed E-state index contributed by atoms with van der Waals surface area (Å²) < 4.78 is 9.76. The minimum Gasteiger partial charge on any atom is -0.374 e. The van der Waals surface area contributed by atoms with Gasteiger partial charge in [0, 0.05) is 38.2 Å². The average molecular weight is 337 g/mol. The molecule has 0 saturated carbocycles. The van der Waals surface area contributed by atoms with E-state index in [4.69, 9.17) is 4.74 Å². The Morgan fingerprint density at radius 1 is 1.20 bits per heavy atom. The number of morpholine rings is 1. The predicted molar refractivity (Wildman–Crippen MR) is 95.5 cm³/mol. The molecule has 0 bridgehead atoms. The van der Waals surface area contributed by atoms with Gasteiger partial charge in [-0.3, -0.25) is 9.58 Å². The molecule has 0 unspecified atom stereocenters. The molecule has 1 aliphatic heterocycles. The van der Waals surface area contributed by atoms with Crippen LogP contribution in [0.4, 0.5) is 0 Å². The number of benzene rings is 1. The highest BCUT2D eigenvalue weighted by molar-refractivity contribution is 5.33. The van der Waals surface area contributed by atoms with Crippen LogP contribution in [0.5, 0.6) is 0 Å². The first-order valence-corrected chi connectivity index (χ1v) is 8.68. The molecule has 6 heteroatoms. The second-order valence-corrected chi connectivity index (χ2v) is 6.58. The zero-order valence-corrected chi connectivity index (χ0v) is 14.5. The first-order chi connectivity index (χ1) is 12.3. The predicted octanol–water partition coefficient (Wildman–Crippen LogP) is 2.28. The number of hydrogen-bond acceptors (Lipinski definition) is 4. The van der Waals surface area contributed by atoms with Crippen LogP contribution >= 0.6 is 0 Å². The summed E-state index contributed by atoms with van der Waals surface area (Å²) >= 11 is 0. The fraction of sp³-hybridized carbons (Fsp3) is 0.368. The van der Waals surface area contributed by atoms with Gasteiger partial charge in [0.05, 0.1) is 31.1 Å². The lowest BCUT2D eigenvalue weighted by Gasteiger charge is -2.33. The molecule has 6 nitrogen and oxygen atoms in total. The number of hydrogen-bond donors (Lipinski definition) is 0. The van der Waals surface area contributed by atoms with Gasteiger partial charge in [0.25, 0.3) is 0 Å². The quantitative estimate of drug-likeness (QED) is 0.717. The highest BCUT2D eigenvalue weighted by atomic mass is 16.5. The van der Waals surface area contributed by atoms with Gasteiger partial charge >= 0.3 is 0 Å². The van der Waals surface area contributed by atoms with Gasteiger partial charge < -0.3 is 4.74 Å². The zero-order chi connectivity index (χ0) is 17.1. The number of nitrogens with zero attached hydrogens (tertiary/aromatic N) is 5. The molecule has 1 aromatic carbocycles. The Hall–Kier alpha value is -2.44. The molecule has 25 heavy (non-hydrogen) atoms. The van der Waals surface area contributed by atoms with Crippen molar-refractivity contribution in [2.45, 2.75) is 26.1 Å². The Morgan fingerprint density at radius 3 is 2.80 bits per heavy atom. The van der Waals surface area contributed by atoms with Crippen molar-refractivity contribution >= 4 is 0 Å². The molecule has 0 spiro atoms. The summed E-state index contributed by atoms with van der Waals surface area (Å²) in [6, 6.07) is 10.5. The molecular weight excluding hydrogens is 314 g/mol. The first kappa shape index (κ1) is 16.1. The topological polar surface area (TPSA) is 48.1 Å². The third-order valence-corrected chi connectivity index (χ3v) is 4.49. The Labute approximate surface area is 147 Å². The van der Waals surface area contributed by atoms with Crippen molar-refractivity contribution in [3.63, 3.8) is 0 Å². The van der Waals surface area contributed by atoms with Crippen molar-refractivity contribution in [1.29, 1.82) is 0 Å². The van der Waals surface area contributed by atoms with E-state index in [1.165, 1.54) is 11.1 Å². The molecule has 1 fully saturated rings. The third-order valence-electron chi connectivity index (χ3n) is 4.49. The van der Waals surface area contributed by atoms with Gasteiger partial charge in [-0.1, -0.05) is 12.1 Å². The van der Waals surface area contributed by atoms with Gasteiger partial charge in [0.2, 0.25) is 0 Å². The fourth-order valence-electron chi connectivity index (χ4n) is 3.24. The molecule has 0 amide bonds. The second kappa shape index (κ2) is 7.21. The van der Waals surface area contributed by atoms with Gasteiger partial charge in [-0.05, 0) is 36.2 Å². The number of rotatable bonds is 5. The van der Waals surface area contributed by atoms with Crippen molar-refractivity contribution in [3.05, 3.63) is 66.2 Å². The molecule has 1 saturated heterocycles. The first-order valence-electron chi connectivity index (χ1n) is 8.68. The van der Waals surface area contributed by atoms with Crippen LogP contribution in [0.3, 0.4) is 0 Å². The van der Waals surface area contributed by atoms with Crippen LogP contribution in [0.1, 0.15) is 11.1 Å². The lowest BCUT2D eigenvalue weighted by atomic mass is 10.1. The van der Waals surface area contributed by atoms with E-state index in [0.29, 0.717) is 0 Å². The SMILES string of the molecule is Cc1cnn(C[C@@H]2CN(Cc3ccc(-n4cccn4)cc3)CCO2)c1. The number of aryl methyl sites for hydroxylation is 1. The van der Waals surface area contributed by atoms with Crippen LogP contribution < -0.4 is 0 Å². The summed E-state index contributed by atoms with van der Waals surface area (Å²) in [6.07, 6.45) is 7.90. The van der Waals surface area contributed by atoms with Crippen LogP contribution in [0.2, 0.25) is 0 Å². The van der Waals surface area contributed by atoms with Crippen LogP contribution in [0.15, 0.2) is 55.1 Å². The number of ether oxygens (including phenoxy) is 1. The highest BCUT2D eigenvalue weighted by Gasteiger charge is 2.21. The Balaban J connectivity index is 1.35. The van der Waals surface area contributed by atoms with Crippen molar-refractivity contribution in [2.24, 2.45) is 0 Å². The van der Waals surface area contributed by atoms with Gasteiger partial charge in [0.15, 0.2) is 0 Å². The maximum atomic E-state index is 5.91. The largest absolute Gasteiger partial charge is 0.374 e. The van der Waals surface area contributed by atoms with Gasteiger partial charge in [0.1, 0.15) is 0 Å². The Bertz CT molecular complexity index is 794. The van der Waals surface area contributed by atoms with E-state index in [0.717, 1.165) is 38.5 Å². The van der Waals surface area contributed by atoms with Crippen molar-refractivity contribution in [1.82, 2.24) is 24.5 Å². The molecule has 3 heterocycles. The lowest BCUT2D eigenvalue weighted by Crippen LogP contribution is -2.43. The zero-order valence-electron chi connectivity index (χ0n) is 14.5. The monoisotopic (exact) mass is 337 g/mol. The van der Waals surface area contributed by atoms with Crippen molar-refractivity contribution < 1.29 is 4.74 Å². The molecule has 0 aliphatic carbocycles. The van der Waals surface area contributed by atoms with Gasteiger partial charge in [-0.2, -0.15) is 10.2 Å². The Kier molecular flexibility index (Phi) is 4.63. The third kappa shape index (κ3) is 3.97. The van der Waals surface area contributed by atoms with Crippen LogP contribution in [0, 0.1) is 6.92 Å². The van der Waals surface area contributed by atoms with E-state index in [1.54, 1.807) is 6.20 Å². The van der Waals surface area contributed by atoms with E-state index in [1.807, 2.05) is 27.8 Å². The summed E-state index contributed by atoms with van der Waals surface area (Å²) in [5.41, 5.74) is 3.58. The molecule has 2 aromatic heterocycles. The standard InChI is InChI=1S/C19H23N5O/c1-16-11-21-23(12-16)15-19-14-22(9-10-25-19)13-17-3-5-18(6-4-17)24-8-2-7-20-24/h2-8,11-12,19H,9-10,13-15H2,1H3/t19-/m0/s1. The molecule has 1 aliphatic rings. The van der Waals surface area contributed by atoms with E-state index >= 15 is 0 Å². The van der Waals surface area contributed by atoms with Crippen LogP contribution in [-0.4, -0.2) is 50.3 Å². The molecule has 0 radical (unpaired) electrons. The van der Waals surface area contributed by atoms with E-state index < -0.39 is 0 Å². The van der Waals surface area contributed by atoms with Crippen molar-refractivity contribution in [3.8, 4) is 5.69 Å². The second-order valence-electron chi connectivity index (χ2n) is 6.58. The molecule has 1 atom stereocenters. The summed E-state index contributed by atoms with van der Waals surface area (Å²) in [7, 11) is 0. The summed E-state index contributed by atoms with van der Waals surface area (Å²) in [5.74, 6) is 0. The van der Waals surface area contributed by atoms with E-state index in [-0.39, 0.29) is 6.10 Å². The maximum absolute atomic E-state index is 5.91. The van der Waals surface area contributed by atoms with Gasteiger partial charge in [-0.25, -0.2) is 4.68 Å². The summed E-state index contributed by atoms with van der Waals surface area (Å²) in [4.78, 5) is 2.45. The lowest BCUT2D eigenvalue weighted by molar-refractivity contribution is -0.0402. The minimum absolute atomic E-state index is 0.191. The van der Waals surface area contributed by atoms with E-state index in [2.05, 4.69) is 52.5 Å². The summed E-state index contributed by atoms with van der Waals surface area (Å²) in [5, 5.41) is 8.63. The molecule has 4 rings (SSSR count). The van der Waals surface area contributed by atoms with Crippen molar-refractivity contribution in [2.75, 3.05) is 19.7 Å². The normalized spacial score (nSPS) is 18.5. The van der Waals surface area contributed by atoms with E-state index in [9.17, 15) is 0 Å². The summed E-state index contributed by atoms with van der Waals surface area (Å²) in [6.45, 7) is 6.48.